The van der Waals surface area contributed by atoms with Crippen molar-refractivity contribution in [2.24, 2.45) is 0 Å². The molecule has 0 bridgehead atoms. The Morgan fingerprint density at radius 3 is 2.65 bits per heavy atom. The van der Waals surface area contributed by atoms with E-state index in [1.165, 1.54) is 0 Å². The third-order valence-electron chi connectivity index (χ3n) is 2.87. The van der Waals surface area contributed by atoms with Crippen molar-refractivity contribution in [2.75, 3.05) is 32.5 Å². The molecule has 0 fully saturated rings. The number of hydrogen-bond acceptors (Lipinski definition) is 3. The van der Waals surface area contributed by atoms with Gasteiger partial charge in [0.15, 0.2) is 0 Å². The lowest BCUT2D eigenvalue weighted by atomic mass is 10.1. The molecule has 1 rings (SSSR count). The van der Waals surface area contributed by atoms with E-state index in [0.717, 1.165) is 13.0 Å². The van der Waals surface area contributed by atoms with Crippen LogP contribution in [0, 0.1) is 0 Å². The summed E-state index contributed by atoms with van der Waals surface area (Å²) in [7, 11) is 3.58. The van der Waals surface area contributed by atoms with Crippen LogP contribution in [0.4, 0.5) is 10.5 Å². The van der Waals surface area contributed by atoms with Crippen molar-refractivity contribution < 1.29 is 14.7 Å². The number of nitrogens with zero attached hydrogens (tertiary/aromatic N) is 1. The van der Waals surface area contributed by atoms with Crippen molar-refractivity contribution in [1.82, 2.24) is 10.2 Å². The quantitative estimate of drug-likeness (QED) is 0.659. The van der Waals surface area contributed by atoms with Crippen molar-refractivity contribution >= 4 is 17.7 Å². The van der Waals surface area contributed by atoms with Crippen LogP contribution in [0.15, 0.2) is 24.3 Å². The van der Waals surface area contributed by atoms with Crippen LogP contribution >= 0.6 is 0 Å². The molecule has 0 saturated carbocycles. The van der Waals surface area contributed by atoms with E-state index in [1.54, 1.807) is 36.2 Å². The lowest BCUT2D eigenvalue weighted by Gasteiger charge is -2.19. The van der Waals surface area contributed by atoms with Gasteiger partial charge >= 0.3 is 12.0 Å². The number of para-hydroxylation sites is 1. The number of amides is 2. The minimum atomic E-state index is -0.922. The van der Waals surface area contributed by atoms with Gasteiger partial charge in [0.05, 0.1) is 6.42 Å². The molecule has 0 radical (unpaired) electrons. The highest BCUT2D eigenvalue weighted by atomic mass is 16.4. The molecule has 0 spiro atoms. The van der Waals surface area contributed by atoms with Crippen molar-refractivity contribution in [3.05, 3.63) is 29.8 Å². The average Bonchev–Trinajstić information content (AvgIpc) is 2.40. The molecule has 1 aromatic carbocycles. The highest BCUT2D eigenvalue weighted by molar-refractivity contribution is 5.90. The number of benzene rings is 1. The van der Waals surface area contributed by atoms with E-state index in [0.29, 0.717) is 17.8 Å². The number of rotatable bonds is 7. The first kappa shape index (κ1) is 16.0. The van der Waals surface area contributed by atoms with Crippen LogP contribution in [0.5, 0.6) is 0 Å². The molecule has 0 atom stereocenters. The third-order valence-corrected chi connectivity index (χ3v) is 2.87. The molecule has 20 heavy (non-hydrogen) atoms. The van der Waals surface area contributed by atoms with Crippen LogP contribution in [0.3, 0.4) is 0 Å². The number of carboxylic acids is 1. The summed E-state index contributed by atoms with van der Waals surface area (Å²) in [6.45, 7) is 1.47. The molecule has 110 valence electrons. The summed E-state index contributed by atoms with van der Waals surface area (Å²) in [4.78, 5) is 24.4. The first-order valence-corrected chi connectivity index (χ1v) is 6.51. The second kappa shape index (κ2) is 8.16. The zero-order valence-corrected chi connectivity index (χ0v) is 11.8. The third kappa shape index (κ3) is 5.27. The van der Waals surface area contributed by atoms with E-state index < -0.39 is 5.97 Å². The van der Waals surface area contributed by atoms with Gasteiger partial charge in [-0.3, -0.25) is 4.79 Å². The molecular formula is C14H21N3O3. The maximum absolute atomic E-state index is 12.0. The van der Waals surface area contributed by atoms with Gasteiger partial charge in [0.25, 0.3) is 0 Å². The monoisotopic (exact) mass is 279 g/mol. The molecule has 0 aliphatic heterocycles. The van der Waals surface area contributed by atoms with E-state index in [-0.39, 0.29) is 12.5 Å². The minimum absolute atomic E-state index is 0.111. The predicted octanol–water partition coefficient (Wildman–Crippen LogP) is 1.39. The topological polar surface area (TPSA) is 81.7 Å². The first-order valence-electron chi connectivity index (χ1n) is 6.51. The minimum Gasteiger partial charge on any atom is -0.481 e. The maximum atomic E-state index is 12.0. The molecule has 0 heterocycles. The molecule has 2 amide bonds. The van der Waals surface area contributed by atoms with E-state index in [1.807, 2.05) is 7.05 Å². The van der Waals surface area contributed by atoms with Gasteiger partial charge in [0, 0.05) is 19.3 Å². The maximum Gasteiger partial charge on any atom is 0.321 e. The van der Waals surface area contributed by atoms with Crippen LogP contribution in [-0.4, -0.2) is 49.2 Å². The zero-order valence-electron chi connectivity index (χ0n) is 11.8. The van der Waals surface area contributed by atoms with Crippen molar-refractivity contribution in [2.45, 2.75) is 12.8 Å². The van der Waals surface area contributed by atoms with Crippen LogP contribution in [0.25, 0.3) is 0 Å². The standard InChI is InChI=1S/C14H21N3O3/c1-15-8-5-9-17(2)14(20)16-12-7-4-3-6-11(12)10-13(18)19/h3-4,6-7,15H,5,8-10H2,1-2H3,(H,16,20)(H,18,19). The predicted molar refractivity (Wildman–Crippen MR) is 78.0 cm³/mol. The zero-order chi connectivity index (χ0) is 15.0. The lowest BCUT2D eigenvalue weighted by Crippen LogP contribution is -2.33. The lowest BCUT2D eigenvalue weighted by molar-refractivity contribution is -0.136. The Morgan fingerprint density at radius 2 is 2.00 bits per heavy atom. The van der Waals surface area contributed by atoms with Crippen molar-refractivity contribution in [3.63, 3.8) is 0 Å². The van der Waals surface area contributed by atoms with Crippen LogP contribution in [0.1, 0.15) is 12.0 Å². The van der Waals surface area contributed by atoms with Gasteiger partial charge in [-0.15, -0.1) is 0 Å². The van der Waals surface area contributed by atoms with Crippen LogP contribution in [-0.2, 0) is 11.2 Å². The Kier molecular flexibility index (Phi) is 6.52. The fraction of sp³-hybridized carbons (Fsp3) is 0.429. The highest BCUT2D eigenvalue weighted by Gasteiger charge is 2.12. The summed E-state index contributed by atoms with van der Waals surface area (Å²) in [6, 6.07) is 6.69. The highest BCUT2D eigenvalue weighted by Crippen LogP contribution is 2.16. The molecule has 6 nitrogen and oxygen atoms in total. The summed E-state index contributed by atoms with van der Waals surface area (Å²) in [5.41, 5.74) is 1.14. The fourth-order valence-electron chi connectivity index (χ4n) is 1.76. The Hall–Kier alpha value is -2.08. The number of nitrogens with one attached hydrogen (secondary N) is 2. The average molecular weight is 279 g/mol. The summed E-state index contributed by atoms with van der Waals surface area (Å²) < 4.78 is 0. The number of carboxylic acid groups (broad SMARTS) is 1. The number of urea groups is 1. The van der Waals surface area contributed by atoms with Crippen molar-refractivity contribution in [1.29, 1.82) is 0 Å². The van der Waals surface area contributed by atoms with Gasteiger partial charge in [-0.1, -0.05) is 18.2 Å². The van der Waals surface area contributed by atoms with E-state index in [4.69, 9.17) is 5.11 Å². The molecule has 3 N–H and O–H groups in total. The molecule has 6 heteroatoms. The van der Waals surface area contributed by atoms with Gasteiger partial charge in [-0.25, -0.2) is 4.79 Å². The van der Waals surface area contributed by atoms with E-state index >= 15 is 0 Å². The Bertz CT molecular complexity index is 463. The summed E-state index contributed by atoms with van der Waals surface area (Å²) in [5, 5.41) is 14.6. The molecule has 0 aromatic heterocycles. The summed E-state index contributed by atoms with van der Waals surface area (Å²) >= 11 is 0. The second-order valence-corrected chi connectivity index (χ2v) is 4.54. The smallest absolute Gasteiger partial charge is 0.321 e. The Morgan fingerprint density at radius 1 is 1.30 bits per heavy atom. The number of carbonyl (C=O) groups is 2. The first-order chi connectivity index (χ1) is 9.54. The van der Waals surface area contributed by atoms with Crippen LogP contribution < -0.4 is 10.6 Å². The van der Waals surface area contributed by atoms with E-state index in [9.17, 15) is 9.59 Å². The Balaban J connectivity index is 2.63. The van der Waals surface area contributed by atoms with Gasteiger partial charge in [0.1, 0.15) is 0 Å². The summed E-state index contributed by atoms with van der Waals surface area (Å²) in [6.07, 6.45) is 0.747. The second-order valence-electron chi connectivity index (χ2n) is 4.54. The number of carbonyl (C=O) groups excluding carboxylic acids is 1. The summed E-state index contributed by atoms with van der Waals surface area (Å²) in [5.74, 6) is -0.922. The number of aliphatic carboxylic acids is 1. The van der Waals surface area contributed by atoms with Gasteiger partial charge in [-0.05, 0) is 31.6 Å². The largest absolute Gasteiger partial charge is 0.481 e. The SMILES string of the molecule is CNCCCN(C)C(=O)Nc1ccccc1CC(=O)O. The molecule has 1 aromatic rings. The molecule has 0 aliphatic rings. The molecular weight excluding hydrogens is 258 g/mol. The van der Waals surface area contributed by atoms with Gasteiger partial charge < -0.3 is 20.6 Å². The Labute approximate surface area is 118 Å². The number of anilines is 1. The fourth-order valence-corrected chi connectivity index (χ4v) is 1.76. The number of hydrogen-bond donors (Lipinski definition) is 3. The van der Waals surface area contributed by atoms with Crippen LogP contribution in [0.2, 0.25) is 0 Å². The van der Waals surface area contributed by atoms with E-state index in [2.05, 4.69) is 10.6 Å². The molecule has 0 unspecified atom stereocenters. The molecule has 0 saturated heterocycles. The van der Waals surface area contributed by atoms with Crippen molar-refractivity contribution in [3.8, 4) is 0 Å². The van der Waals surface area contributed by atoms with Gasteiger partial charge in [0.2, 0.25) is 0 Å². The normalized spacial score (nSPS) is 10.1. The van der Waals surface area contributed by atoms with Gasteiger partial charge in [-0.2, -0.15) is 0 Å². The molecule has 0 aliphatic carbocycles.